The molecule has 0 radical (unpaired) electrons. The fourth-order valence-electron chi connectivity index (χ4n) is 1.24. The van der Waals surface area contributed by atoms with Gasteiger partial charge in [0.05, 0.1) is 6.10 Å². The zero-order valence-corrected chi connectivity index (χ0v) is 9.07. The maximum atomic E-state index is 9.07. The molecule has 1 atom stereocenters. The lowest BCUT2D eigenvalue weighted by Crippen LogP contribution is -1.91. The number of hydrogen-bond acceptors (Lipinski definition) is 1. The summed E-state index contributed by atoms with van der Waals surface area (Å²) in [6.07, 6.45) is 3.35. The van der Waals surface area contributed by atoms with Crippen molar-refractivity contribution in [3.63, 3.8) is 0 Å². The van der Waals surface area contributed by atoms with Crippen molar-refractivity contribution in [2.75, 3.05) is 0 Å². The van der Waals surface area contributed by atoms with Crippen molar-refractivity contribution >= 4 is 6.08 Å². The number of aliphatic hydroxyl groups is 1. The van der Waals surface area contributed by atoms with E-state index < -0.39 is 0 Å². The Labute approximate surface area is 86.1 Å². The monoisotopic (exact) mass is 190 g/mol. The van der Waals surface area contributed by atoms with Crippen LogP contribution in [0.1, 0.15) is 37.8 Å². The lowest BCUT2D eigenvalue weighted by Gasteiger charge is -2.04. The minimum atomic E-state index is -0.375. The summed E-state index contributed by atoms with van der Waals surface area (Å²) in [5.41, 5.74) is 2.48. The second-order valence-electron chi connectivity index (χ2n) is 3.92. The average molecular weight is 190 g/mol. The minimum Gasteiger partial charge on any atom is -0.389 e. The van der Waals surface area contributed by atoms with Crippen LogP contribution in [0, 0.1) is 0 Å². The Hall–Kier alpha value is -1.08. The summed E-state index contributed by atoms with van der Waals surface area (Å²) in [7, 11) is 0. The van der Waals surface area contributed by atoms with Crippen LogP contribution in [0.5, 0.6) is 0 Å². The average Bonchev–Trinajstić information content (AvgIpc) is 2.15. The summed E-state index contributed by atoms with van der Waals surface area (Å²) in [6, 6.07) is 8.42. The summed E-state index contributed by atoms with van der Waals surface area (Å²) < 4.78 is 0. The van der Waals surface area contributed by atoms with E-state index in [1.807, 2.05) is 6.08 Å². The molecule has 0 aliphatic carbocycles. The van der Waals surface area contributed by atoms with Crippen LogP contribution in [-0.2, 0) is 0 Å². The molecule has 0 aliphatic heterocycles. The molecule has 1 heteroatoms. The van der Waals surface area contributed by atoms with E-state index in [1.54, 1.807) is 13.0 Å². The van der Waals surface area contributed by atoms with E-state index in [4.69, 9.17) is 5.11 Å². The van der Waals surface area contributed by atoms with Crippen LogP contribution in [0.25, 0.3) is 6.08 Å². The molecule has 0 bridgehead atoms. The van der Waals surface area contributed by atoms with Gasteiger partial charge in [-0.05, 0) is 24.0 Å². The lowest BCUT2D eigenvalue weighted by atomic mass is 10.0. The normalized spacial score (nSPS) is 13.8. The van der Waals surface area contributed by atoms with Gasteiger partial charge >= 0.3 is 0 Å². The standard InChI is InChI=1S/C13H18O/c1-10(2)13-8-6-12(7-9-13)5-4-11(3)14/h4-11,14H,1-3H3/b5-4+. The molecule has 0 saturated heterocycles. The molecule has 0 fully saturated rings. The van der Waals surface area contributed by atoms with Gasteiger partial charge in [0.25, 0.3) is 0 Å². The van der Waals surface area contributed by atoms with Crippen LogP contribution in [0.2, 0.25) is 0 Å². The Morgan fingerprint density at radius 3 is 2.07 bits per heavy atom. The van der Waals surface area contributed by atoms with E-state index in [1.165, 1.54) is 5.56 Å². The van der Waals surface area contributed by atoms with Gasteiger partial charge in [0.2, 0.25) is 0 Å². The molecular formula is C13H18O. The molecular weight excluding hydrogens is 172 g/mol. The summed E-state index contributed by atoms with van der Waals surface area (Å²) in [5.74, 6) is 0.574. The first-order valence-corrected chi connectivity index (χ1v) is 5.06. The third-order valence-corrected chi connectivity index (χ3v) is 2.17. The lowest BCUT2D eigenvalue weighted by molar-refractivity contribution is 0.245. The maximum Gasteiger partial charge on any atom is 0.0696 e. The molecule has 1 nitrogen and oxygen atoms in total. The van der Waals surface area contributed by atoms with E-state index in [9.17, 15) is 0 Å². The van der Waals surface area contributed by atoms with Gasteiger partial charge in [-0.15, -0.1) is 0 Å². The van der Waals surface area contributed by atoms with Crippen molar-refractivity contribution in [2.24, 2.45) is 0 Å². The van der Waals surface area contributed by atoms with E-state index >= 15 is 0 Å². The summed E-state index contributed by atoms with van der Waals surface area (Å²) in [4.78, 5) is 0. The first kappa shape index (κ1) is 11.0. The van der Waals surface area contributed by atoms with Crippen LogP contribution < -0.4 is 0 Å². The predicted octanol–water partition coefficient (Wildman–Crippen LogP) is 3.20. The molecule has 76 valence electrons. The molecule has 0 heterocycles. The molecule has 1 aromatic rings. The first-order chi connectivity index (χ1) is 6.59. The number of rotatable bonds is 3. The fraction of sp³-hybridized carbons (Fsp3) is 0.385. The Morgan fingerprint density at radius 1 is 1.07 bits per heavy atom. The van der Waals surface area contributed by atoms with E-state index in [-0.39, 0.29) is 6.10 Å². The highest BCUT2D eigenvalue weighted by atomic mass is 16.3. The molecule has 0 saturated carbocycles. The molecule has 0 spiro atoms. The van der Waals surface area contributed by atoms with Crippen LogP contribution in [0.3, 0.4) is 0 Å². The summed E-state index contributed by atoms with van der Waals surface area (Å²) in [6.45, 7) is 6.11. The van der Waals surface area contributed by atoms with Gasteiger partial charge in [0.15, 0.2) is 0 Å². The predicted molar refractivity (Wildman–Crippen MR) is 61.2 cm³/mol. The van der Waals surface area contributed by atoms with Crippen molar-refractivity contribution in [3.05, 3.63) is 41.5 Å². The highest BCUT2D eigenvalue weighted by Crippen LogP contribution is 2.15. The molecule has 1 aromatic carbocycles. The summed E-state index contributed by atoms with van der Waals surface area (Å²) >= 11 is 0. The van der Waals surface area contributed by atoms with Crippen LogP contribution >= 0.6 is 0 Å². The zero-order valence-electron chi connectivity index (χ0n) is 9.07. The largest absolute Gasteiger partial charge is 0.389 e. The quantitative estimate of drug-likeness (QED) is 0.776. The van der Waals surface area contributed by atoms with Gasteiger partial charge in [0.1, 0.15) is 0 Å². The maximum absolute atomic E-state index is 9.07. The molecule has 1 rings (SSSR count). The van der Waals surface area contributed by atoms with Crippen molar-refractivity contribution < 1.29 is 5.11 Å². The fourth-order valence-corrected chi connectivity index (χ4v) is 1.24. The van der Waals surface area contributed by atoms with Gasteiger partial charge < -0.3 is 5.11 Å². The Bertz CT molecular complexity index is 294. The van der Waals surface area contributed by atoms with Crippen molar-refractivity contribution in [1.82, 2.24) is 0 Å². The Morgan fingerprint density at radius 2 is 1.64 bits per heavy atom. The SMILES string of the molecule is CC(O)/C=C/c1ccc(C(C)C)cc1. The van der Waals surface area contributed by atoms with E-state index in [0.29, 0.717) is 5.92 Å². The van der Waals surface area contributed by atoms with Gasteiger partial charge in [-0.1, -0.05) is 50.3 Å². The molecule has 14 heavy (non-hydrogen) atoms. The molecule has 1 N–H and O–H groups in total. The number of aliphatic hydroxyl groups excluding tert-OH is 1. The smallest absolute Gasteiger partial charge is 0.0696 e. The molecule has 0 amide bonds. The second kappa shape index (κ2) is 4.97. The topological polar surface area (TPSA) is 20.2 Å². The number of hydrogen-bond donors (Lipinski definition) is 1. The van der Waals surface area contributed by atoms with Crippen molar-refractivity contribution in [1.29, 1.82) is 0 Å². The van der Waals surface area contributed by atoms with Crippen LogP contribution in [0.15, 0.2) is 30.3 Å². The van der Waals surface area contributed by atoms with Gasteiger partial charge in [0, 0.05) is 0 Å². The number of benzene rings is 1. The second-order valence-corrected chi connectivity index (χ2v) is 3.92. The molecule has 0 aliphatic rings. The van der Waals surface area contributed by atoms with Crippen LogP contribution in [0.4, 0.5) is 0 Å². The highest BCUT2D eigenvalue weighted by Gasteiger charge is 1.97. The Balaban J connectivity index is 2.73. The zero-order chi connectivity index (χ0) is 10.6. The molecule has 0 aromatic heterocycles. The minimum absolute atomic E-state index is 0.375. The third kappa shape index (κ3) is 3.35. The molecule has 1 unspecified atom stereocenters. The summed E-state index contributed by atoms with van der Waals surface area (Å²) in [5, 5.41) is 9.07. The van der Waals surface area contributed by atoms with Gasteiger partial charge in [-0.2, -0.15) is 0 Å². The van der Waals surface area contributed by atoms with Gasteiger partial charge in [-0.3, -0.25) is 0 Å². The highest BCUT2D eigenvalue weighted by molar-refractivity contribution is 5.50. The van der Waals surface area contributed by atoms with Crippen LogP contribution in [-0.4, -0.2) is 11.2 Å². The Kier molecular flexibility index (Phi) is 3.90. The van der Waals surface area contributed by atoms with Crippen molar-refractivity contribution in [2.45, 2.75) is 32.8 Å². The first-order valence-electron chi connectivity index (χ1n) is 5.06. The van der Waals surface area contributed by atoms with E-state index in [2.05, 4.69) is 38.1 Å². The van der Waals surface area contributed by atoms with E-state index in [0.717, 1.165) is 5.56 Å². The van der Waals surface area contributed by atoms with Gasteiger partial charge in [-0.25, -0.2) is 0 Å². The third-order valence-electron chi connectivity index (χ3n) is 2.17. The van der Waals surface area contributed by atoms with Crippen molar-refractivity contribution in [3.8, 4) is 0 Å².